The van der Waals surface area contributed by atoms with Gasteiger partial charge in [-0.3, -0.25) is 4.79 Å². The number of carbonyl (C=O) groups excluding carboxylic acids is 1. The summed E-state index contributed by atoms with van der Waals surface area (Å²) in [6.45, 7) is 5.40. The van der Waals surface area contributed by atoms with Gasteiger partial charge in [0, 0.05) is 14.1 Å². The van der Waals surface area contributed by atoms with E-state index in [0.717, 1.165) is 11.1 Å². The van der Waals surface area contributed by atoms with Gasteiger partial charge in [0.1, 0.15) is 0 Å². The van der Waals surface area contributed by atoms with Crippen molar-refractivity contribution in [1.82, 2.24) is 4.90 Å². The number of amides is 1. The molecule has 0 aliphatic rings. The maximum Gasteiger partial charge on any atom is 0.228 e. The zero-order valence-electron chi connectivity index (χ0n) is 11.2. The third-order valence-corrected chi connectivity index (χ3v) is 3.34. The zero-order chi connectivity index (χ0) is 13.2. The lowest BCUT2D eigenvalue weighted by Crippen LogP contribution is -2.41. The van der Waals surface area contributed by atoms with Crippen molar-refractivity contribution in [3.63, 3.8) is 0 Å². The number of hydrogen-bond acceptors (Lipinski definition) is 2. The molecule has 2 unspecified atom stereocenters. The van der Waals surface area contributed by atoms with Crippen molar-refractivity contribution in [1.29, 1.82) is 0 Å². The highest BCUT2D eigenvalue weighted by Crippen LogP contribution is 2.32. The SMILES string of the molecule is Cc1ccccc1C(C)(O)C(C)C(=O)N(C)C. The summed E-state index contributed by atoms with van der Waals surface area (Å²) in [6, 6.07) is 7.61. The lowest BCUT2D eigenvalue weighted by Gasteiger charge is -2.32. The van der Waals surface area contributed by atoms with E-state index >= 15 is 0 Å². The molecule has 0 aliphatic carbocycles. The third kappa shape index (κ3) is 2.67. The van der Waals surface area contributed by atoms with Crippen LogP contribution in [0.4, 0.5) is 0 Å². The molecule has 1 amide bonds. The molecule has 1 aromatic carbocycles. The Morgan fingerprint density at radius 1 is 1.35 bits per heavy atom. The fourth-order valence-corrected chi connectivity index (χ4v) is 2.00. The number of hydrogen-bond donors (Lipinski definition) is 1. The van der Waals surface area contributed by atoms with E-state index in [1.54, 1.807) is 27.9 Å². The molecule has 3 nitrogen and oxygen atoms in total. The minimum Gasteiger partial charge on any atom is -0.385 e. The first kappa shape index (κ1) is 13.7. The van der Waals surface area contributed by atoms with Gasteiger partial charge in [-0.25, -0.2) is 0 Å². The summed E-state index contributed by atoms with van der Waals surface area (Å²) in [4.78, 5) is 13.5. The highest BCUT2D eigenvalue weighted by Gasteiger charge is 2.36. The highest BCUT2D eigenvalue weighted by atomic mass is 16.3. The summed E-state index contributed by atoms with van der Waals surface area (Å²) in [5.74, 6) is -0.545. The van der Waals surface area contributed by atoms with Crippen LogP contribution in [-0.4, -0.2) is 30.0 Å². The molecule has 1 aromatic rings. The van der Waals surface area contributed by atoms with Crippen molar-refractivity contribution < 1.29 is 9.90 Å². The molecule has 0 saturated heterocycles. The third-order valence-electron chi connectivity index (χ3n) is 3.34. The van der Waals surface area contributed by atoms with Crippen LogP contribution in [0.1, 0.15) is 25.0 Å². The number of aliphatic hydroxyl groups is 1. The molecule has 0 bridgehead atoms. The van der Waals surface area contributed by atoms with Crippen LogP contribution in [0.2, 0.25) is 0 Å². The molecule has 3 heteroatoms. The molecule has 1 rings (SSSR count). The van der Waals surface area contributed by atoms with Crippen LogP contribution in [0.25, 0.3) is 0 Å². The molecule has 0 saturated carbocycles. The summed E-state index contributed by atoms with van der Waals surface area (Å²) in [5, 5.41) is 10.6. The van der Waals surface area contributed by atoms with Gasteiger partial charge < -0.3 is 10.0 Å². The molecule has 17 heavy (non-hydrogen) atoms. The largest absolute Gasteiger partial charge is 0.385 e. The Labute approximate surface area is 103 Å². The lowest BCUT2D eigenvalue weighted by atomic mass is 9.81. The standard InChI is InChI=1S/C14H21NO2/c1-10-8-6-7-9-12(10)14(3,17)11(2)13(16)15(4)5/h6-9,11,17H,1-5H3. The minimum atomic E-state index is -1.15. The van der Waals surface area contributed by atoms with Gasteiger partial charge in [-0.2, -0.15) is 0 Å². The first-order valence-electron chi connectivity index (χ1n) is 5.78. The van der Waals surface area contributed by atoms with E-state index in [0.29, 0.717) is 0 Å². The molecule has 2 atom stereocenters. The predicted molar refractivity (Wildman–Crippen MR) is 68.6 cm³/mol. The quantitative estimate of drug-likeness (QED) is 0.869. The molecule has 0 spiro atoms. The number of rotatable bonds is 3. The fraction of sp³-hybridized carbons (Fsp3) is 0.500. The summed E-state index contributed by atoms with van der Waals surface area (Å²) >= 11 is 0. The van der Waals surface area contributed by atoms with Gasteiger partial charge in [0.2, 0.25) is 5.91 Å². The van der Waals surface area contributed by atoms with Gasteiger partial charge in [0.15, 0.2) is 0 Å². The van der Waals surface area contributed by atoms with E-state index in [1.807, 2.05) is 31.2 Å². The second kappa shape index (κ2) is 4.88. The Kier molecular flexibility index (Phi) is 3.94. The first-order chi connectivity index (χ1) is 7.78. The Hall–Kier alpha value is -1.35. The van der Waals surface area contributed by atoms with Crippen molar-refractivity contribution in [2.75, 3.05) is 14.1 Å². The Balaban J connectivity index is 3.11. The van der Waals surface area contributed by atoms with Crippen LogP contribution < -0.4 is 0 Å². The van der Waals surface area contributed by atoms with Gasteiger partial charge in [-0.15, -0.1) is 0 Å². The highest BCUT2D eigenvalue weighted by molar-refractivity contribution is 5.79. The molecule has 0 aromatic heterocycles. The van der Waals surface area contributed by atoms with E-state index in [2.05, 4.69) is 0 Å². The van der Waals surface area contributed by atoms with Crippen LogP contribution in [-0.2, 0) is 10.4 Å². The van der Waals surface area contributed by atoms with Crippen LogP contribution in [0.5, 0.6) is 0 Å². The Morgan fingerprint density at radius 3 is 2.35 bits per heavy atom. The average Bonchev–Trinajstić information content (AvgIpc) is 2.27. The molecule has 94 valence electrons. The minimum absolute atomic E-state index is 0.0711. The average molecular weight is 235 g/mol. The van der Waals surface area contributed by atoms with Gasteiger partial charge in [0.25, 0.3) is 0 Å². The maximum absolute atomic E-state index is 11.9. The molecular formula is C14H21NO2. The van der Waals surface area contributed by atoms with E-state index < -0.39 is 11.5 Å². The molecule has 0 aliphatic heterocycles. The molecule has 0 radical (unpaired) electrons. The van der Waals surface area contributed by atoms with Crippen molar-refractivity contribution in [3.8, 4) is 0 Å². The monoisotopic (exact) mass is 235 g/mol. The summed E-state index contributed by atoms with van der Waals surface area (Å²) in [5.41, 5.74) is 0.658. The molecule has 1 N–H and O–H groups in total. The van der Waals surface area contributed by atoms with Gasteiger partial charge >= 0.3 is 0 Å². The van der Waals surface area contributed by atoms with E-state index in [1.165, 1.54) is 4.90 Å². The van der Waals surface area contributed by atoms with E-state index in [-0.39, 0.29) is 5.91 Å². The second-order valence-corrected chi connectivity index (χ2v) is 4.92. The van der Waals surface area contributed by atoms with E-state index in [4.69, 9.17) is 0 Å². The van der Waals surface area contributed by atoms with Gasteiger partial charge in [-0.1, -0.05) is 31.2 Å². The topological polar surface area (TPSA) is 40.5 Å². The van der Waals surface area contributed by atoms with Crippen LogP contribution >= 0.6 is 0 Å². The normalized spacial score (nSPS) is 16.1. The lowest BCUT2D eigenvalue weighted by molar-refractivity contribution is -0.141. The maximum atomic E-state index is 11.9. The summed E-state index contributed by atoms with van der Waals surface area (Å²) < 4.78 is 0. The predicted octanol–water partition coefficient (Wildman–Crippen LogP) is 1.93. The summed E-state index contributed by atoms with van der Waals surface area (Å²) in [6.07, 6.45) is 0. The summed E-state index contributed by atoms with van der Waals surface area (Å²) in [7, 11) is 3.40. The number of nitrogens with zero attached hydrogens (tertiary/aromatic N) is 1. The molecule has 0 heterocycles. The van der Waals surface area contributed by atoms with Crippen molar-refractivity contribution in [2.24, 2.45) is 5.92 Å². The first-order valence-corrected chi connectivity index (χ1v) is 5.78. The van der Waals surface area contributed by atoms with Gasteiger partial charge in [-0.05, 0) is 25.0 Å². The Morgan fingerprint density at radius 2 is 1.88 bits per heavy atom. The van der Waals surface area contributed by atoms with Crippen LogP contribution in [0.15, 0.2) is 24.3 Å². The number of benzene rings is 1. The smallest absolute Gasteiger partial charge is 0.228 e. The Bertz CT molecular complexity index is 410. The number of carbonyl (C=O) groups is 1. The van der Waals surface area contributed by atoms with Gasteiger partial charge in [0.05, 0.1) is 11.5 Å². The van der Waals surface area contributed by atoms with Crippen molar-refractivity contribution in [3.05, 3.63) is 35.4 Å². The fourth-order valence-electron chi connectivity index (χ4n) is 2.00. The molecule has 0 fully saturated rings. The van der Waals surface area contributed by atoms with Crippen molar-refractivity contribution in [2.45, 2.75) is 26.4 Å². The van der Waals surface area contributed by atoms with Crippen LogP contribution in [0.3, 0.4) is 0 Å². The molecular weight excluding hydrogens is 214 g/mol. The van der Waals surface area contributed by atoms with Crippen LogP contribution in [0, 0.1) is 12.8 Å². The number of aryl methyl sites for hydroxylation is 1. The van der Waals surface area contributed by atoms with E-state index in [9.17, 15) is 9.90 Å². The second-order valence-electron chi connectivity index (χ2n) is 4.92. The van der Waals surface area contributed by atoms with Crippen molar-refractivity contribution >= 4 is 5.91 Å². The zero-order valence-corrected chi connectivity index (χ0v) is 11.2.